The SMILES string of the molecule is CCCCC/C=C\C/C=C\C/C=C\C/C=C\C/C=C\CCC(=O)OC(COC(=O)CCCCCCCCCCCCCC)COP(=O)([O-])OCC[N+](C)(C)C.CCCCCC/C=C\C/C=C\C/C=C\C/C=C\CCC(=O)OC(COC(=O)CC/C=C\CCCCCCCCCCCC)COP(=O)([O-])OCC[N+](C)(C)C. The summed E-state index contributed by atoms with van der Waals surface area (Å²) in [5.74, 6) is -1.92. The quantitative estimate of drug-likeness (QED) is 0.0138. The lowest BCUT2D eigenvalue weighted by Crippen LogP contribution is -2.37. The van der Waals surface area contributed by atoms with E-state index in [1.807, 2.05) is 72.7 Å². The van der Waals surface area contributed by atoms with Crippen LogP contribution in [0, 0.1) is 0 Å². The Bertz CT molecular complexity index is 2600. The fourth-order valence-corrected chi connectivity index (χ4v) is 12.2. The zero-order chi connectivity index (χ0) is 81.4. The molecular formula is C90H160N2O16P2. The molecule has 0 bridgehead atoms. The van der Waals surface area contributed by atoms with Crippen LogP contribution >= 0.6 is 15.6 Å². The highest BCUT2D eigenvalue weighted by Gasteiger charge is 2.24. The minimum atomic E-state index is -4.65. The topological polar surface area (TPSA) is 222 Å². The van der Waals surface area contributed by atoms with E-state index in [2.05, 4.69) is 119 Å². The fourth-order valence-electron chi connectivity index (χ4n) is 10.8. The van der Waals surface area contributed by atoms with Crippen LogP contribution in [0.1, 0.15) is 323 Å². The summed E-state index contributed by atoms with van der Waals surface area (Å²) in [7, 11) is 2.21. The van der Waals surface area contributed by atoms with E-state index in [9.17, 15) is 38.1 Å². The van der Waals surface area contributed by atoms with Crippen molar-refractivity contribution >= 4 is 39.5 Å². The van der Waals surface area contributed by atoms with Crippen LogP contribution in [0.25, 0.3) is 0 Å². The van der Waals surface area contributed by atoms with Crippen LogP contribution in [0.4, 0.5) is 0 Å². The molecule has 0 aliphatic carbocycles. The van der Waals surface area contributed by atoms with Crippen LogP contribution in [-0.2, 0) is 65.4 Å². The molecule has 0 N–H and O–H groups in total. The average molecular weight is 1590 g/mol. The molecule has 18 nitrogen and oxygen atoms in total. The number of carbonyl (C=O) groups is 4. The van der Waals surface area contributed by atoms with Crippen molar-refractivity contribution < 1.29 is 84.1 Å². The summed E-state index contributed by atoms with van der Waals surface area (Å²) < 4.78 is 67.4. The molecule has 110 heavy (non-hydrogen) atoms. The summed E-state index contributed by atoms with van der Waals surface area (Å²) in [6, 6.07) is 0. The number of esters is 4. The minimum Gasteiger partial charge on any atom is -0.756 e. The van der Waals surface area contributed by atoms with E-state index in [0.29, 0.717) is 41.3 Å². The van der Waals surface area contributed by atoms with E-state index in [0.717, 1.165) is 83.5 Å². The van der Waals surface area contributed by atoms with Gasteiger partial charge in [0.25, 0.3) is 15.6 Å². The van der Waals surface area contributed by atoms with E-state index < -0.39 is 64.9 Å². The molecule has 0 fully saturated rings. The number of hydrogen-bond acceptors (Lipinski definition) is 16. The second-order valence-electron chi connectivity index (χ2n) is 30.7. The first-order chi connectivity index (χ1) is 53.0. The Kier molecular flexibility index (Phi) is 76.5. The van der Waals surface area contributed by atoms with Gasteiger partial charge in [-0.2, -0.15) is 0 Å². The van der Waals surface area contributed by atoms with Crippen molar-refractivity contribution in [1.82, 2.24) is 0 Å². The molecule has 0 aromatic carbocycles. The highest BCUT2D eigenvalue weighted by atomic mass is 31.2. The van der Waals surface area contributed by atoms with E-state index in [4.69, 9.17) is 37.0 Å². The van der Waals surface area contributed by atoms with Gasteiger partial charge in [0.15, 0.2) is 12.2 Å². The maximum Gasteiger partial charge on any atom is 0.306 e. The van der Waals surface area contributed by atoms with Gasteiger partial charge in [-0.25, -0.2) is 0 Å². The van der Waals surface area contributed by atoms with Crippen molar-refractivity contribution in [1.29, 1.82) is 0 Å². The Morgan fingerprint density at radius 2 is 0.509 bits per heavy atom. The van der Waals surface area contributed by atoms with Gasteiger partial charge in [0, 0.05) is 25.7 Å². The summed E-state index contributed by atoms with van der Waals surface area (Å²) >= 11 is 0. The number of carbonyl (C=O) groups excluding carboxylic acids is 4. The third-order valence-electron chi connectivity index (χ3n) is 17.6. The number of hydrogen-bond donors (Lipinski definition) is 0. The molecule has 4 atom stereocenters. The average Bonchev–Trinajstić information content (AvgIpc) is 0.907. The maximum absolute atomic E-state index is 12.6. The van der Waals surface area contributed by atoms with Crippen LogP contribution in [0.3, 0.4) is 0 Å². The molecule has 0 amide bonds. The molecule has 0 aliphatic heterocycles. The zero-order valence-corrected chi connectivity index (χ0v) is 73.0. The van der Waals surface area contributed by atoms with Gasteiger partial charge in [-0.15, -0.1) is 0 Å². The number of nitrogens with zero attached hydrogens (tertiary/aromatic N) is 2. The predicted molar refractivity (Wildman–Crippen MR) is 453 cm³/mol. The first kappa shape index (κ1) is 107. The largest absolute Gasteiger partial charge is 0.756 e. The van der Waals surface area contributed by atoms with Crippen LogP contribution in [0.15, 0.2) is 122 Å². The first-order valence-corrected chi connectivity index (χ1v) is 45.9. The monoisotopic (exact) mass is 1590 g/mol. The van der Waals surface area contributed by atoms with E-state index in [-0.39, 0.29) is 52.1 Å². The van der Waals surface area contributed by atoms with Gasteiger partial charge in [-0.3, -0.25) is 28.3 Å². The molecule has 0 spiro atoms. The van der Waals surface area contributed by atoms with Gasteiger partial charge in [0.2, 0.25) is 0 Å². The Morgan fingerprint density at radius 3 is 0.827 bits per heavy atom. The highest BCUT2D eigenvalue weighted by molar-refractivity contribution is 7.46. The molecule has 0 saturated heterocycles. The normalized spacial score (nSPS) is 14.2. The van der Waals surface area contributed by atoms with Crippen LogP contribution in [-0.4, -0.2) is 140 Å². The molecular weight excluding hydrogens is 1430 g/mol. The third-order valence-corrected chi connectivity index (χ3v) is 19.5. The Labute approximate surface area is 672 Å². The van der Waals surface area contributed by atoms with Crippen molar-refractivity contribution in [2.75, 3.05) is 95.0 Å². The lowest BCUT2D eigenvalue weighted by Gasteiger charge is -2.28. The molecule has 4 unspecified atom stereocenters. The Morgan fingerprint density at radius 1 is 0.282 bits per heavy atom. The van der Waals surface area contributed by atoms with E-state index in [1.165, 1.54) is 167 Å². The lowest BCUT2D eigenvalue weighted by atomic mass is 10.0. The minimum absolute atomic E-state index is 0.0455. The van der Waals surface area contributed by atoms with Crippen molar-refractivity contribution in [3.05, 3.63) is 122 Å². The number of likely N-dealkylation sites (N-methyl/N-ethyl adjacent to an activating group) is 2. The number of ether oxygens (including phenoxy) is 4. The standard InChI is InChI=1S/2C45H80NO8P/c1-6-8-10-12-14-16-18-20-21-22-23-24-25-26-28-30-32-34-36-38-45(48)54-43(42-53-55(49,50)52-40-39-46(3,4)5)41-51-44(47)37-35-33-31-29-27-19-17-15-13-11-9-7-2;1-6-8-10-12-14-16-18-20-22-23-24-26-28-30-32-34-36-38-45(48)54-43(42-53-55(49,50)52-40-39-46(3,4)5)41-51-44(47)37-35-33-31-29-27-25-21-19-17-15-13-11-9-7-2/h14,16,20-21,23-24,26,28,32,34,43H,6-13,15,17-19,22,25,27,29-31,33,35-42H2,1-5H3;16,18,22-23,26,28,31-34,43H,6-15,17,19-21,24-25,27,29-30,35-42H2,1-5H3/b16-14-,21-20-,24-23-,28-26-,34-32-;18-16-,23-22-,28-26-,33-31-,34-32-. The van der Waals surface area contributed by atoms with Crippen LogP contribution in [0.2, 0.25) is 0 Å². The van der Waals surface area contributed by atoms with Crippen molar-refractivity contribution in [3.8, 4) is 0 Å². The molecule has 0 aliphatic rings. The fraction of sp³-hybridized carbons (Fsp3) is 0.733. The predicted octanol–water partition coefficient (Wildman–Crippen LogP) is 22.9. The molecule has 0 radical (unpaired) electrons. The van der Waals surface area contributed by atoms with Crippen molar-refractivity contribution in [2.24, 2.45) is 0 Å². The maximum atomic E-state index is 12.6. The van der Waals surface area contributed by atoms with Crippen molar-refractivity contribution in [3.63, 3.8) is 0 Å². The summed E-state index contributed by atoms with van der Waals surface area (Å²) in [4.78, 5) is 74.8. The molecule has 20 heteroatoms. The second kappa shape index (κ2) is 78.3. The van der Waals surface area contributed by atoms with E-state index >= 15 is 0 Å². The van der Waals surface area contributed by atoms with Gasteiger partial charge in [0.1, 0.15) is 39.5 Å². The number of phosphoric acid groups is 2. The second-order valence-corrected chi connectivity index (χ2v) is 33.5. The van der Waals surface area contributed by atoms with Gasteiger partial charge >= 0.3 is 23.9 Å². The Hall–Kier alpha value is -4.58. The number of quaternary nitrogens is 2. The van der Waals surface area contributed by atoms with Gasteiger partial charge in [-0.05, 0) is 109 Å². The summed E-state index contributed by atoms with van der Waals surface area (Å²) in [5, 5.41) is 0. The van der Waals surface area contributed by atoms with Crippen molar-refractivity contribution in [2.45, 2.75) is 335 Å². The number of rotatable bonds is 76. The molecule has 0 saturated carbocycles. The molecule has 0 aromatic heterocycles. The molecule has 636 valence electrons. The number of unbranched alkanes of at least 4 members (excludes halogenated alkanes) is 28. The van der Waals surface area contributed by atoms with Crippen LogP contribution < -0.4 is 9.79 Å². The Balaban J connectivity index is 0. The third kappa shape index (κ3) is 87.4. The zero-order valence-electron chi connectivity index (χ0n) is 71.2. The molecule has 0 aromatic rings. The van der Waals surface area contributed by atoms with Gasteiger partial charge in [-0.1, -0.05) is 310 Å². The van der Waals surface area contributed by atoms with Crippen LogP contribution in [0.5, 0.6) is 0 Å². The molecule has 0 rings (SSSR count). The summed E-state index contributed by atoms with van der Waals surface area (Å²) in [6.07, 6.45) is 88.2. The lowest BCUT2D eigenvalue weighted by molar-refractivity contribution is -0.870. The first-order valence-electron chi connectivity index (χ1n) is 43.0. The smallest absolute Gasteiger partial charge is 0.306 e. The van der Waals surface area contributed by atoms with Gasteiger partial charge < -0.3 is 55.8 Å². The molecule has 0 heterocycles. The summed E-state index contributed by atoms with van der Waals surface area (Å²) in [5.41, 5.74) is 0. The number of phosphoric ester groups is 2. The van der Waals surface area contributed by atoms with E-state index in [1.54, 1.807) is 0 Å². The summed E-state index contributed by atoms with van der Waals surface area (Å²) in [6.45, 7) is 8.16. The number of allylic oxidation sites excluding steroid dienone is 20. The highest BCUT2D eigenvalue weighted by Crippen LogP contribution is 2.39. The van der Waals surface area contributed by atoms with Gasteiger partial charge in [0.05, 0.1) is 55.5 Å².